The molecule has 0 saturated heterocycles. The van der Waals surface area contributed by atoms with Crippen molar-refractivity contribution in [2.24, 2.45) is 5.41 Å². The Kier molecular flexibility index (Phi) is 3.68. The average Bonchev–Trinajstić information content (AvgIpc) is 2.15. The summed E-state index contributed by atoms with van der Waals surface area (Å²) in [5.41, 5.74) is -0.733. The van der Waals surface area contributed by atoms with E-state index < -0.39 is 21.7 Å². The van der Waals surface area contributed by atoms with Gasteiger partial charge < -0.3 is 0 Å². The quantitative estimate of drug-likeness (QED) is 0.791. The summed E-state index contributed by atoms with van der Waals surface area (Å²) < 4.78 is 35.9. The summed E-state index contributed by atoms with van der Waals surface area (Å²) in [4.78, 5) is 0. The van der Waals surface area contributed by atoms with Crippen LogP contribution in [0.15, 0.2) is 24.3 Å². The first-order chi connectivity index (χ1) is 7.46. The van der Waals surface area contributed by atoms with Gasteiger partial charge in [0.25, 0.3) is 0 Å². The average molecular weight is 311 g/mol. The van der Waals surface area contributed by atoms with Crippen molar-refractivity contribution in [3.05, 3.63) is 35.4 Å². The minimum absolute atomic E-state index is 0.456. The van der Waals surface area contributed by atoms with Gasteiger partial charge in [-0.05, 0) is 0 Å². The molecule has 1 nitrogen and oxygen atoms in total. The van der Waals surface area contributed by atoms with Gasteiger partial charge in [-0.1, -0.05) is 0 Å². The molecular weight excluding hydrogens is 296 g/mol. The van der Waals surface area contributed by atoms with Crippen LogP contribution in [-0.4, -0.2) is 21.1 Å². The fourth-order valence-electron chi connectivity index (χ4n) is 1.32. The Morgan fingerprint density at radius 3 is 1.59 bits per heavy atom. The van der Waals surface area contributed by atoms with Crippen LogP contribution < -0.4 is 0 Å². The Bertz CT molecular complexity index is 388. The predicted octanol–water partition coefficient (Wildman–Crippen LogP) is 2.80. The standard InChI is InChI=1S/C12H15F3OSe/c1-10(2,3)11(16,17)8-4-6-9(7-5-8)12(13,14)15/h4-7,16-17H,1-3H3. The molecular formula is C12H15F3OSe. The van der Waals surface area contributed by atoms with Crippen molar-refractivity contribution in [1.29, 1.82) is 0 Å². The van der Waals surface area contributed by atoms with Crippen LogP contribution in [0.1, 0.15) is 31.9 Å². The van der Waals surface area contributed by atoms with Gasteiger partial charge in [0.1, 0.15) is 0 Å². The van der Waals surface area contributed by atoms with E-state index in [1.54, 1.807) is 0 Å². The van der Waals surface area contributed by atoms with Crippen molar-refractivity contribution in [2.45, 2.75) is 31.4 Å². The van der Waals surface area contributed by atoms with Gasteiger partial charge >= 0.3 is 107 Å². The van der Waals surface area contributed by atoms with Crippen molar-refractivity contribution < 1.29 is 18.3 Å². The Morgan fingerprint density at radius 2 is 1.29 bits per heavy atom. The van der Waals surface area contributed by atoms with E-state index in [1.165, 1.54) is 12.1 Å². The van der Waals surface area contributed by atoms with Crippen LogP contribution in [0.25, 0.3) is 0 Å². The van der Waals surface area contributed by atoms with E-state index >= 15 is 0 Å². The van der Waals surface area contributed by atoms with Gasteiger partial charge in [0.15, 0.2) is 0 Å². The SMILES string of the molecule is CC(C)(C)C(O)([SeH])c1ccc(C(F)(F)F)cc1. The van der Waals surface area contributed by atoms with Crippen LogP contribution in [0.4, 0.5) is 13.2 Å². The third-order valence-electron chi connectivity index (χ3n) is 2.66. The van der Waals surface area contributed by atoms with E-state index in [0.717, 1.165) is 12.1 Å². The molecule has 0 heterocycles. The molecule has 1 atom stereocenters. The van der Waals surface area contributed by atoms with Crippen LogP contribution in [0.3, 0.4) is 0 Å². The first-order valence-corrected chi connectivity index (χ1v) is 6.02. The van der Waals surface area contributed by atoms with Crippen molar-refractivity contribution in [3.8, 4) is 0 Å². The number of rotatable bonds is 1. The van der Waals surface area contributed by atoms with Crippen LogP contribution >= 0.6 is 0 Å². The molecule has 17 heavy (non-hydrogen) atoms. The minimum atomic E-state index is -4.35. The van der Waals surface area contributed by atoms with Crippen LogP contribution in [0.5, 0.6) is 0 Å². The number of halogens is 3. The molecule has 0 radical (unpaired) electrons. The van der Waals surface area contributed by atoms with Crippen molar-refractivity contribution in [2.75, 3.05) is 0 Å². The molecule has 0 aliphatic carbocycles. The Labute approximate surface area is 107 Å². The Morgan fingerprint density at radius 1 is 0.941 bits per heavy atom. The topological polar surface area (TPSA) is 20.2 Å². The van der Waals surface area contributed by atoms with Gasteiger partial charge in [-0.2, -0.15) is 0 Å². The molecule has 0 aromatic heterocycles. The third-order valence-corrected chi connectivity index (χ3v) is 4.61. The second-order valence-electron chi connectivity index (χ2n) is 5.00. The second kappa shape index (κ2) is 4.30. The molecule has 0 amide bonds. The number of aliphatic hydroxyl groups is 1. The number of alkyl halides is 3. The molecule has 1 rings (SSSR count). The summed E-state index contributed by atoms with van der Waals surface area (Å²) in [6.07, 6.45) is -4.35. The summed E-state index contributed by atoms with van der Waals surface area (Å²) in [6, 6.07) is 4.59. The van der Waals surface area contributed by atoms with Crippen LogP contribution in [-0.2, 0) is 10.7 Å². The van der Waals surface area contributed by atoms with Crippen molar-refractivity contribution in [3.63, 3.8) is 0 Å². The van der Waals surface area contributed by atoms with Crippen molar-refractivity contribution in [1.82, 2.24) is 0 Å². The van der Waals surface area contributed by atoms with E-state index in [-0.39, 0.29) is 0 Å². The molecule has 0 fully saturated rings. The Balaban J connectivity index is 3.12. The van der Waals surface area contributed by atoms with E-state index in [0.29, 0.717) is 5.56 Å². The molecule has 1 aromatic rings. The summed E-state index contributed by atoms with van der Waals surface area (Å²) in [5.74, 6) is 0. The maximum absolute atomic E-state index is 12.4. The summed E-state index contributed by atoms with van der Waals surface area (Å²) >= 11 is 2.12. The summed E-state index contributed by atoms with van der Waals surface area (Å²) in [7, 11) is 0. The zero-order chi connectivity index (χ0) is 13.5. The number of hydrogen-bond donors (Lipinski definition) is 1. The van der Waals surface area contributed by atoms with Gasteiger partial charge in [0.2, 0.25) is 0 Å². The molecule has 1 aromatic carbocycles. The maximum atomic E-state index is 12.4. The van der Waals surface area contributed by atoms with Gasteiger partial charge in [-0.25, -0.2) is 0 Å². The van der Waals surface area contributed by atoms with E-state index in [1.807, 2.05) is 20.8 Å². The van der Waals surface area contributed by atoms with Gasteiger partial charge in [-0.15, -0.1) is 0 Å². The summed E-state index contributed by atoms with van der Waals surface area (Å²) in [5, 5.41) is 10.3. The number of benzene rings is 1. The molecule has 0 spiro atoms. The molecule has 0 saturated carbocycles. The fraction of sp³-hybridized carbons (Fsp3) is 0.500. The Hall–Kier alpha value is -0.511. The normalized spacial score (nSPS) is 16.7. The zero-order valence-corrected chi connectivity index (χ0v) is 11.7. The first kappa shape index (κ1) is 14.6. The van der Waals surface area contributed by atoms with Crippen LogP contribution in [0, 0.1) is 5.41 Å². The first-order valence-electron chi connectivity index (χ1n) is 5.09. The molecule has 5 heteroatoms. The van der Waals surface area contributed by atoms with E-state index in [2.05, 4.69) is 16.0 Å². The van der Waals surface area contributed by atoms with Crippen LogP contribution in [0.2, 0.25) is 0 Å². The van der Waals surface area contributed by atoms with E-state index in [4.69, 9.17) is 0 Å². The third kappa shape index (κ3) is 3.03. The molecule has 0 aliphatic rings. The van der Waals surface area contributed by atoms with Crippen molar-refractivity contribution >= 4 is 16.0 Å². The molecule has 0 aliphatic heterocycles. The predicted molar refractivity (Wildman–Crippen MR) is 61.9 cm³/mol. The molecule has 0 bridgehead atoms. The molecule has 1 unspecified atom stereocenters. The monoisotopic (exact) mass is 312 g/mol. The second-order valence-corrected chi connectivity index (χ2v) is 6.36. The van der Waals surface area contributed by atoms with Gasteiger partial charge in [0.05, 0.1) is 0 Å². The van der Waals surface area contributed by atoms with Gasteiger partial charge in [-0.3, -0.25) is 0 Å². The molecule has 96 valence electrons. The van der Waals surface area contributed by atoms with E-state index in [9.17, 15) is 18.3 Å². The summed E-state index contributed by atoms with van der Waals surface area (Å²) in [6.45, 7) is 5.47. The fourth-order valence-corrected chi connectivity index (χ4v) is 1.64. The number of hydrogen-bond acceptors (Lipinski definition) is 1. The zero-order valence-electron chi connectivity index (χ0n) is 9.84. The molecule has 1 N–H and O–H groups in total. The van der Waals surface area contributed by atoms with Gasteiger partial charge in [0, 0.05) is 0 Å².